The molecule has 2 aromatic carbocycles. The van der Waals surface area contributed by atoms with Gasteiger partial charge in [0.15, 0.2) is 56.9 Å². The van der Waals surface area contributed by atoms with Crippen LogP contribution in [0.1, 0.15) is 57.8 Å². The summed E-state index contributed by atoms with van der Waals surface area (Å²) in [4.78, 5) is 63.9. The predicted octanol–water partition coefficient (Wildman–Crippen LogP) is 1.21. The highest BCUT2D eigenvalue weighted by atomic mass is 35.5. The maximum atomic E-state index is 12.3. The summed E-state index contributed by atoms with van der Waals surface area (Å²) in [6, 6.07) is 15.5. The third-order valence-corrected chi connectivity index (χ3v) is 10.5. The number of hydrogen-bond donors (Lipinski definition) is 12. The van der Waals surface area contributed by atoms with Crippen LogP contribution < -0.4 is 64.3 Å². The molecular formula is C46H64Cl2N16O10. The Morgan fingerprint density at radius 2 is 0.797 bits per heavy atom. The van der Waals surface area contributed by atoms with Gasteiger partial charge in [0.1, 0.15) is 24.7 Å². The van der Waals surface area contributed by atoms with Gasteiger partial charge in [-0.15, -0.1) is 0 Å². The average Bonchev–Trinajstić information content (AvgIpc) is 3.37. The van der Waals surface area contributed by atoms with E-state index in [0.29, 0.717) is 77.4 Å². The first-order valence-electron chi connectivity index (χ1n) is 23.4. The molecule has 4 aromatic rings. The first-order valence-corrected chi connectivity index (χ1v) is 24.2. The van der Waals surface area contributed by atoms with Crippen LogP contribution >= 0.6 is 23.2 Å². The summed E-state index contributed by atoms with van der Waals surface area (Å²) in [7, 11) is 0. The Hall–Kier alpha value is -7.36. The Morgan fingerprint density at radius 3 is 1.18 bits per heavy atom. The van der Waals surface area contributed by atoms with E-state index in [9.17, 15) is 19.2 Å². The third kappa shape index (κ3) is 23.0. The molecule has 0 unspecified atom stereocenters. The fraction of sp³-hybridized carbons (Fsp3) is 0.435. The molecule has 0 aliphatic heterocycles. The third-order valence-electron chi connectivity index (χ3n) is 9.96. The maximum absolute atomic E-state index is 12.3. The van der Waals surface area contributed by atoms with Crippen LogP contribution in [0.5, 0.6) is 11.5 Å². The number of nitrogens with one attached hydrogen (secondary N) is 8. The first-order chi connectivity index (χ1) is 35.7. The molecule has 0 atom stereocenters. The number of aromatic nitrogens is 4. The van der Waals surface area contributed by atoms with E-state index in [1.54, 1.807) is 0 Å². The Morgan fingerprint density at radius 1 is 0.446 bits per heavy atom. The van der Waals surface area contributed by atoms with E-state index in [1.807, 2.05) is 48.5 Å². The van der Waals surface area contributed by atoms with Gasteiger partial charge in [0, 0.05) is 26.2 Å². The van der Waals surface area contributed by atoms with Gasteiger partial charge in [-0.1, -0.05) is 47.5 Å². The summed E-state index contributed by atoms with van der Waals surface area (Å²) in [6.45, 7) is 4.33. The Balaban J connectivity index is 0.872. The molecular weight excluding hydrogens is 1010 g/mol. The number of nitrogens with two attached hydrogens (primary N) is 4. The molecule has 0 aliphatic carbocycles. The summed E-state index contributed by atoms with van der Waals surface area (Å²) in [5.74, 6) is -2.54. The SMILES string of the molecule is N=C(NCCCCc1ccc(OCCOCCOCCNC(=O)C(=O)NCCOCCOCCOc2ccc(CCCCNC(=N)NC(=O)c3nc(Cl)c(N)nc3N)cc2)cc1)NC(=O)c1nc(Cl)c(N)nc1N. The summed E-state index contributed by atoms with van der Waals surface area (Å²) in [5, 5.41) is 30.9. The van der Waals surface area contributed by atoms with E-state index in [2.05, 4.69) is 51.8 Å². The molecule has 74 heavy (non-hydrogen) atoms. The van der Waals surface area contributed by atoms with Crippen molar-refractivity contribution in [2.75, 3.05) is 115 Å². The molecule has 0 bridgehead atoms. The highest BCUT2D eigenvalue weighted by Gasteiger charge is 2.19. The van der Waals surface area contributed by atoms with Crippen molar-refractivity contribution in [1.29, 1.82) is 10.8 Å². The topological polar surface area (TPSA) is 399 Å². The van der Waals surface area contributed by atoms with Crippen LogP contribution in [-0.4, -0.2) is 148 Å². The molecule has 4 rings (SSSR count). The van der Waals surface area contributed by atoms with Gasteiger partial charge in [-0.05, 0) is 73.9 Å². The minimum absolute atomic E-state index is 0.0913. The first kappa shape index (κ1) is 59.2. The Bertz CT molecular complexity index is 2280. The van der Waals surface area contributed by atoms with Gasteiger partial charge >= 0.3 is 11.8 Å². The van der Waals surface area contributed by atoms with Crippen molar-refractivity contribution in [1.82, 2.24) is 51.8 Å². The van der Waals surface area contributed by atoms with Gasteiger partial charge in [-0.25, -0.2) is 19.9 Å². The number of ether oxygens (including phenoxy) is 6. The normalized spacial score (nSPS) is 10.8. The summed E-state index contributed by atoms with van der Waals surface area (Å²) in [5.41, 5.74) is 24.2. The number of nitrogens with zero attached hydrogens (tertiary/aromatic N) is 4. The molecule has 0 saturated heterocycles. The molecule has 2 heterocycles. The highest BCUT2D eigenvalue weighted by molar-refractivity contribution is 6.35. The molecule has 4 amide bonds. The van der Waals surface area contributed by atoms with E-state index in [1.165, 1.54) is 0 Å². The fourth-order valence-corrected chi connectivity index (χ4v) is 6.46. The summed E-state index contributed by atoms with van der Waals surface area (Å²) >= 11 is 11.6. The van der Waals surface area contributed by atoms with Crippen molar-refractivity contribution in [3.63, 3.8) is 0 Å². The maximum Gasteiger partial charge on any atom is 0.309 e. The monoisotopic (exact) mass is 1070 g/mol. The number of carbonyl (C=O) groups excluding carboxylic acids is 4. The number of anilines is 4. The molecule has 0 radical (unpaired) electrons. The second-order valence-electron chi connectivity index (χ2n) is 15.6. The van der Waals surface area contributed by atoms with Gasteiger partial charge < -0.3 is 72.6 Å². The molecule has 402 valence electrons. The van der Waals surface area contributed by atoms with Gasteiger partial charge in [-0.2, -0.15) is 0 Å². The van der Waals surface area contributed by atoms with Crippen LogP contribution in [0.3, 0.4) is 0 Å². The number of amides is 4. The van der Waals surface area contributed by atoms with E-state index >= 15 is 0 Å². The quantitative estimate of drug-likeness (QED) is 0.0141. The van der Waals surface area contributed by atoms with Gasteiger partial charge in [-0.3, -0.25) is 40.6 Å². The van der Waals surface area contributed by atoms with Crippen LogP contribution in [0.2, 0.25) is 10.3 Å². The number of guanidine groups is 2. The molecule has 26 nitrogen and oxygen atoms in total. The molecule has 0 spiro atoms. The number of unbranched alkanes of at least 4 members (excludes halogenated alkanes) is 2. The fourth-order valence-electron chi connectivity index (χ4n) is 6.21. The van der Waals surface area contributed by atoms with Crippen LogP contribution in [0.4, 0.5) is 23.3 Å². The lowest BCUT2D eigenvalue weighted by molar-refractivity contribution is -0.139. The number of aryl methyl sites for hydroxylation is 2. The number of hydrogen-bond acceptors (Lipinski definition) is 20. The molecule has 16 N–H and O–H groups in total. The predicted molar refractivity (Wildman–Crippen MR) is 277 cm³/mol. The van der Waals surface area contributed by atoms with Crippen molar-refractivity contribution in [2.24, 2.45) is 0 Å². The van der Waals surface area contributed by atoms with Crippen molar-refractivity contribution in [2.45, 2.75) is 38.5 Å². The molecule has 0 saturated carbocycles. The lowest BCUT2D eigenvalue weighted by atomic mass is 10.1. The van der Waals surface area contributed by atoms with E-state index < -0.39 is 23.6 Å². The minimum Gasteiger partial charge on any atom is -0.491 e. The van der Waals surface area contributed by atoms with Crippen LogP contribution in [0, 0.1) is 10.8 Å². The van der Waals surface area contributed by atoms with Gasteiger partial charge in [0.25, 0.3) is 11.8 Å². The standard InChI is InChI=1S/C46H64Cl2N16O10/c47-35-39(51)61-37(49)33(59-35)41(65)63-45(53)57-15-3-1-5-29-7-11-31(12-8-29)73-27-25-71-23-21-69-19-17-55-43(67)44(68)56-18-20-70-22-24-72-26-28-74-32-13-9-30(10-14-32)6-2-4-16-58-46(54)64-42(66)34-38(50)62-40(52)36(48)60-34/h7-14H,1-6,15-28H2,(H,55,67)(H,56,68)(H4,49,51,61)(H4,50,52,62)(H3,53,57,63,65)(H3,54,58,64,66). The van der Waals surface area contributed by atoms with Crippen LogP contribution in [0.25, 0.3) is 0 Å². The zero-order valence-electron chi connectivity index (χ0n) is 40.7. The Labute approximate surface area is 437 Å². The molecule has 0 fully saturated rings. The van der Waals surface area contributed by atoms with Gasteiger partial charge in [0.05, 0.1) is 52.9 Å². The van der Waals surface area contributed by atoms with Crippen LogP contribution in [-0.2, 0) is 41.4 Å². The van der Waals surface area contributed by atoms with E-state index in [4.69, 9.17) is 85.4 Å². The molecule has 2 aromatic heterocycles. The number of halogens is 2. The lowest BCUT2D eigenvalue weighted by Gasteiger charge is -2.11. The van der Waals surface area contributed by atoms with E-state index in [-0.39, 0.29) is 83.2 Å². The molecule has 28 heteroatoms. The van der Waals surface area contributed by atoms with E-state index in [0.717, 1.165) is 49.7 Å². The van der Waals surface area contributed by atoms with Crippen molar-refractivity contribution >= 4 is 82.0 Å². The summed E-state index contributed by atoms with van der Waals surface area (Å²) in [6.07, 6.45) is 4.84. The largest absolute Gasteiger partial charge is 0.491 e. The van der Waals surface area contributed by atoms with Gasteiger partial charge in [0.2, 0.25) is 0 Å². The second kappa shape index (κ2) is 33.4. The summed E-state index contributed by atoms with van der Waals surface area (Å²) < 4.78 is 33.5. The zero-order chi connectivity index (χ0) is 53.5. The zero-order valence-corrected chi connectivity index (χ0v) is 42.2. The number of benzene rings is 2. The lowest BCUT2D eigenvalue weighted by Crippen LogP contribution is -2.42. The van der Waals surface area contributed by atoms with Crippen molar-refractivity contribution in [3.8, 4) is 11.5 Å². The average molecular weight is 1070 g/mol. The Kier molecular flexibility index (Phi) is 26.7. The minimum atomic E-state index is -0.771. The number of rotatable bonds is 32. The van der Waals surface area contributed by atoms with Crippen molar-refractivity contribution < 1.29 is 47.6 Å². The van der Waals surface area contributed by atoms with Crippen LogP contribution in [0.15, 0.2) is 48.5 Å². The second-order valence-corrected chi connectivity index (χ2v) is 16.4. The smallest absolute Gasteiger partial charge is 0.309 e. The highest BCUT2D eigenvalue weighted by Crippen LogP contribution is 2.19. The number of carbonyl (C=O) groups is 4. The molecule has 0 aliphatic rings. The van der Waals surface area contributed by atoms with Crippen molar-refractivity contribution in [3.05, 3.63) is 81.4 Å². The number of nitrogen functional groups attached to an aromatic ring is 4.